The topological polar surface area (TPSA) is 108 Å². The van der Waals surface area contributed by atoms with Gasteiger partial charge in [0.15, 0.2) is 11.5 Å². The molecule has 9 nitrogen and oxygen atoms in total. The standard InChI is InChI=1S/C17H14N2O7/c1-24-13-7-6-12(14(25-2)15(13)26-3)18-16(20)10-5-4-9(19(22)23)8-11(10)17(18)21/h4-8H,1-3H3. The molecular weight excluding hydrogens is 344 g/mol. The van der Waals surface area contributed by atoms with Gasteiger partial charge < -0.3 is 14.2 Å². The number of benzene rings is 2. The number of ether oxygens (including phenoxy) is 3. The van der Waals surface area contributed by atoms with Crippen molar-refractivity contribution in [1.82, 2.24) is 0 Å². The van der Waals surface area contributed by atoms with Crippen molar-refractivity contribution in [2.45, 2.75) is 0 Å². The van der Waals surface area contributed by atoms with Gasteiger partial charge in [0, 0.05) is 12.1 Å². The Labute approximate surface area is 147 Å². The lowest BCUT2D eigenvalue weighted by Crippen LogP contribution is -2.29. The van der Waals surface area contributed by atoms with Crippen molar-refractivity contribution in [2.75, 3.05) is 26.2 Å². The molecular formula is C17H14N2O7. The van der Waals surface area contributed by atoms with Crippen molar-refractivity contribution in [3.63, 3.8) is 0 Å². The van der Waals surface area contributed by atoms with E-state index in [2.05, 4.69) is 0 Å². The van der Waals surface area contributed by atoms with Gasteiger partial charge in [0.25, 0.3) is 17.5 Å². The van der Waals surface area contributed by atoms with Gasteiger partial charge in [-0.05, 0) is 18.2 Å². The van der Waals surface area contributed by atoms with Gasteiger partial charge in [0.2, 0.25) is 5.75 Å². The number of hydrogen-bond donors (Lipinski definition) is 0. The Kier molecular flexibility index (Phi) is 4.21. The van der Waals surface area contributed by atoms with Gasteiger partial charge >= 0.3 is 0 Å². The van der Waals surface area contributed by atoms with Crippen LogP contribution in [0.3, 0.4) is 0 Å². The third-order valence-electron chi connectivity index (χ3n) is 4.01. The predicted molar refractivity (Wildman–Crippen MR) is 90.3 cm³/mol. The first kappa shape index (κ1) is 17.2. The zero-order chi connectivity index (χ0) is 19.0. The summed E-state index contributed by atoms with van der Waals surface area (Å²) in [6, 6.07) is 6.54. The highest BCUT2D eigenvalue weighted by Crippen LogP contribution is 2.46. The summed E-state index contributed by atoms with van der Waals surface area (Å²) in [6.07, 6.45) is 0. The summed E-state index contributed by atoms with van der Waals surface area (Å²) in [5, 5.41) is 10.9. The Morgan fingerprint density at radius 1 is 0.885 bits per heavy atom. The lowest BCUT2D eigenvalue weighted by atomic mass is 10.1. The summed E-state index contributed by atoms with van der Waals surface area (Å²) in [7, 11) is 4.21. The number of anilines is 1. The van der Waals surface area contributed by atoms with Gasteiger partial charge in [-0.25, -0.2) is 4.90 Å². The number of rotatable bonds is 5. The first-order valence-electron chi connectivity index (χ1n) is 7.40. The summed E-state index contributed by atoms with van der Waals surface area (Å²) in [4.78, 5) is 36.7. The SMILES string of the molecule is COc1ccc(N2C(=O)c3ccc([N+](=O)[O-])cc3C2=O)c(OC)c1OC. The molecule has 0 saturated carbocycles. The summed E-state index contributed by atoms with van der Waals surface area (Å²) in [5.41, 5.74) is -0.0801. The van der Waals surface area contributed by atoms with E-state index in [1.54, 1.807) is 0 Å². The molecule has 0 radical (unpaired) electrons. The van der Waals surface area contributed by atoms with E-state index in [1.165, 1.54) is 45.6 Å². The van der Waals surface area contributed by atoms with Gasteiger partial charge in [-0.15, -0.1) is 0 Å². The van der Waals surface area contributed by atoms with Crippen molar-refractivity contribution in [1.29, 1.82) is 0 Å². The minimum atomic E-state index is -0.681. The number of carbonyl (C=O) groups excluding carboxylic acids is 2. The number of carbonyl (C=O) groups is 2. The quantitative estimate of drug-likeness (QED) is 0.459. The van der Waals surface area contributed by atoms with Crippen molar-refractivity contribution in [3.05, 3.63) is 51.6 Å². The summed E-state index contributed by atoms with van der Waals surface area (Å²) < 4.78 is 15.8. The Hall–Kier alpha value is -3.62. The maximum atomic E-state index is 12.8. The van der Waals surface area contributed by atoms with Crippen LogP contribution in [0, 0.1) is 10.1 Å². The minimum absolute atomic E-state index is 0.0407. The van der Waals surface area contributed by atoms with Crippen molar-refractivity contribution in [3.8, 4) is 17.2 Å². The second-order valence-electron chi connectivity index (χ2n) is 5.29. The molecule has 0 aliphatic carbocycles. The van der Waals surface area contributed by atoms with E-state index in [4.69, 9.17) is 14.2 Å². The van der Waals surface area contributed by atoms with E-state index >= 15 is 0 Å². The number of methoxy groups -OCH3 is 3. The van der Waals surface area contributed by atoms with Gasteiger partial charge in [0.1, 0.15) is 0 Å². The Bertz CT molecular complexity index is 939. The number of fused-ring (bicyclic) bond motifs is 1. The average molecular weight is 358 g/mol. The monoisotopic (exact) mass is 358 g/mol. The smallest absolute Gasteiger partial charge is 0.270 e. The van der Waals surface area contributed by atoms with Crippen LogP contribution in [0.5, 0.6) is 17.2 Å². The Morgan fingerprint density at radius 2 is 1.54 bits per heavy atom. The molecule has 0 fully saturated rings. The number of nitro groups is 1. The van der Waals surface area contributed by atoms with Crippen LogP contribution in [0.15, 0.2) is 30.3 Å². The number of amides is 2. The van der Waals surface area contributed by atoms with E-state index in [9.17, 15) is 19.7 Å². The zero-order valence-corrected chi connectivity index (χ0v) is 14.1. The van der Waals surface area contributed by atoms with E-state index < -0.39 is 16.7 Å². The fraction of sp³-hybridized carbons (Fsp3) is 0.176. The maximum absolute atomic E-state index is 12.8. The van der Waals surface area contributed by atoms with Crippen LogP contribution in [-0.4, -0.2) is 38.1 Å². The Morgan fingerprint density at radius 3 is 2.12 bits per heavy atom. The van der Waals surface area contributed by atoms with Crippen LogP contribution in [0.1, 0.15) is 20.7 Å². The Balaban J connectivity index is 2.15. The molecule has 0 bridgehead atoms. The fourth-order valence-electron chi connectivity index (χ4n) is 2.82. The predicted octanol–water partition coefficient (Wildman–Crippen LogP) is 2.42. The number of imide groups is 1. The molecule has 0 saturated heterocycles. The van der Waals surface area contributed by atoms with Crippen molar-refractivity contribution >= 4 is 23.2 Å². The molecule has 2 aromatic carbocycles. The lowest BCUT2D eigenvalue weighted by molar-refractivity contribution is -0.384. The molecule has 2 amide bonds. The molecule has 0 spiro atoms. The molecule has 0 aromatic heterocycles. The molecule has 26 heavy (non-hydrogen) atoms. The van der Waals surface area contributed by atoms with Gasteiger partial charge in [-0.2, -0.15) is 0 Å². The van der Waals surface area contributed by atoms with Crippen molar-refractivity contribution in [2.24, 2.45) is 0 Å². The lowest BCUT2D eigenvalue weighted by Gasteiger charge is -2.20. The molecule has 1 aliphatic rings. The number of nitrogens with zero attached hydrogens (tertiary/aromatic N) is 2. The fourth-order valence-corrected chi connectivity index (χ4v) is 2.82. The van der Waals surface area contributed by atoms with Crippen LogP contribution in [0.25, 0.3) is 0 Å². The first-order chi connectivity index (χ1) is 12.4. The van der Waals surface area contributed by atoms with Crippen molar-refractivity contribution < 1.29 is 28.7 Å². The average Bonchev–Trinajstić information content (AvgIpc) is 2.90. The third-order valence-corrected chi connectivity index (χ3v) is 4.01. The molecule has 9 heteroatoms. The molecule has 0 unspecified atom stereocenters. The maximum Gasteiger partial charge on any atom is 0.270 e. The summed E-state index contributed by atoms with van der Waals surface area (Å²) >= 11 is 0. The molecule has 1 heterocycles. The van der Waals surface area contributed by atoms with E-state index in [0.29, 0.717) is 5.75 Å². The second kappa shape index (κ2) is 6.36. The van der Waals surface area contributed by atoms with Crippen LogP contribution >= 0.6 is 0 Å². The number of non-ortho nitro benzene ring substituents is 1. The largest absolute Gasteiger partial charge is 0.493 e. The highest BCUT2D eigenvalue weighted by Gasteiger charge is 2.40. The molecule has 0 N–H and O–H groups in total. The number of nitro benzene ring substituents is 1. The zero-order valence-electron chi connectivity index (χ0n) is 14.1. The molecule has 1 aliphatic heterocycles. The minimum Gasteiger partial charge on any atom is -0.493 e. The van der Waals surface area contributed by atoms with Gasteiger partial charge in [-0.3, -0.25) is 19.7 Å². The normalized spacial score (nSPS) is 12.8. The molecule has 2 aromatic rings. The van der Waals surface area contributed by atoms with E-state index in [-0.39, 0.29) is 34.0 Å². The van der Waals surface area contributed by atoms with E-state index in [1.807, 2.05) is 0 Å². The summed E-state index contributed by atoms with van der Waals surface area (Å²) in [6.45, 7) is 0. The number of hydrogen-bond acceptors (Lipinski definition) is 7. The first-order valence-corrected chi connectivity index (χ1v) is 7.40. The second-order valence-corrected chi connectivity index (χ2v) is 5.29. The molecule has 3 rings (SSSR count). The van der Waals surface area contributed by atoms with E-state index in [0.717, 1.165) is 11.0 Å². The summed E-state index contributed by atoms with van der Waals surface area (Å²) in [5.74, 6) is -0.573. The van der Waals surface area contributed by atoms with Crippen LogP contribution in [0.4, 0.5) is 11.4 Å². The highest BCUT2D eigenvalue weighted by molar-refractivity contribution is 6.35. The highest BCUT2D eigenvalue weighted by atomic mass is 16.6. The molecule has 0 atom stereocenters. The molecule has 134 valence electrons. The third kappa shape index (κ3) is 2.41. The van der Waals surface area contributed by atoms with Crippen LogP contribution in [-0.2, 0) is 0 Å². The van der Waals surface area contributed by atoms with Gasteiger partial charge in [0.05, 0.1) is 43.1 Å². The van der Waals surface area contributed by atoms with Gasteiger partial charge in [-0.1, -0.05) is 0 Å². The van der Waals surface area contributed by atoms with Crippen LogP contribution < -0.4 is 19.1 Å². The van der Waals surface area contributed by atoms with Crippen LogP contribution in [0.2, 0.25) is 0 Å².